The van der Waals surface area contributed by atoms with Gasteiger partial charge in [0.15, 0.2) is 5.43 Å². The van der Waals surface area contributed by atoms with Gasteiger partial charge in [0.2, 0.25) is 17.7 Å². The lowest BCUT2D eigenvalue weighted by Gasteiger charge is -2.58. The lowest BCUT2D eigenvalue weighted by Crippen LogP contribution is -2.54. The summed E-state index contributed by atoms with van der Waals surface area (Å²) in [5.41, 5.74) is 3.06. The SMILES string of the molecule is CC(C)CCC[C@@H](C)C1CC[C@H]2[C@H]3CC=C4C[C@@H](NCCCNC(=O)[C@H](CCC(=O)[O-])NC(=O)[C@H](CCC(=O)[O-])NC(=O)CCSSCCNC(=O)c5ccc(-c6c7ccc(=O)cc-7oc7cc([O-])ccc67)c(C(=O)O)c5)CCC4(C)C3CCC12C. The second-order valence-electron chi connectivity index (χ2n) is 25.3. The molecule has 3 fully saturated rings. The first-order valence-electron chi connectivity index (χ1n) is 30.8. The number of nitrogens with one attached hydrogen (secondary N) is 5. The molecule has 10 atom stereocenters. The number of carbonyl (C=O) groups excluding carboxylic acids is 6. The number of hydrogen-bond acceptors (Lipinski definition) is 15. The Balaban J connectivity index is 0.757. The van der Waals surface area contributed by atoms with Crippen LogP contribution in [0.15, 0.2) is 75.5 Å². The fourth-order valence-corrected chi connectivity index (χ4v) is 16.9. The second kappa shape index (κ2) is 29.5. The number of benzene rings is 3. The highest BCUT2D eigenvalue weighted by Crippen LogP contribution is 2.67. The third-order valence-electron chi connectivity index (χ3n) is 19.4. The Morgan fingerprint density at radius 3 is 2.20 bits per heavy atom. The highest BCUT2D eigenvalue weighted by atomic mass is 33.1. The molecule has 8 rings (SSSR count). The van der Waals surface area contributed by atoms with Crippen LogP contribution in [0.1, 0.15) is 164 Å². The molecule has 1 heterocycles. The molecule has 0 spiro atoms. The number of amides is 4. The lowest BCUT2D eigenvalue weighted by atomic mass is 9.47. The van der Waals surface area contributed by atoms with Crippen LogP contribution < -0.4 is 47.3 Å². The van der Waals surface area contributed by atoms with Crippen LogP contribution in [0.4, 0.5) is 0 Å². The lowest BCUT2D eigenvalue weighted by molar-refractivity contribution is -0.307. The van der Waals surface area contributed by atoms with Gasteiger partial charge in [0, 0.05) is 77.1 Å². The van der Waals surface area contributed by atoms with E-state index in [2.05, 4.69) is 67.3 Å². The minimum absolute atomic E-state index is 0.0709. The smallest absolute Gasteiger partial charge is 0.336 e. The maximum absolute atomic E-state index is 13.6. The number of allylic oxidation sites excluding steroid dienone is 1. The van der Waals surface area contributed by atoms with Crippen molar-refractivity contribution in [1.82, 2.24) is 26.6 Å². The normalized spacial score (nSPS) is 23.5. The van der Waals surface area contributed by atoms with E-state index in [1.807, 2.05) is 0 Å². The van der Waals surface area contributed by atoms with E-state index in [0.717, 1.165) is 54.8 Å². The van der Waals surface area contributed by atoms with Crippen molar-refractivity contribution in [2.24, 2.45) is 46.3 Å². The van der Waals surface area contributed by atoms with Crippen molar-refractivity contribution < 1.29 is 58.4 Å². The van der Waals surface area contributed by atoms with E-state index >= 15 is 0 Å². The van der Waals surface area contributed by atoms with E-state index in [1.54, 1.807) is 5.57 Å². The molecule has 6 aliphatic rings. The van der Waals surface area contributed by atoms with Crippen molar-refractivity contribution in [2.75, 3.05) is 31.1 Å². The first-order valence-corrected chi connectivity index (χ1v) is 33.3. The van der Waals surface area contributed by atoms with Crippen LogP contribution in [0.5, 0.6) is 5.75 Å². The van der Waals surface area contributed by atoms with Gasteiger partial charge in [-0.3, -0.25) is 24.0 Å². The minimum Gasteiger partial charge on any atom is -0.872 e. The van der Waals surface area contributed by atoms with E-state index in [4.69, 9.17) is 4.42 Å². The van der Waals surface area contributed by atoms with Gasteiger partial charge in [-0.2, -0.15) is 0 Å². The predicted molar refractivity (Wildman–Crippen MR) is 328 cm³/mol. The predicted octanol–water partition coefficient (Wildman–Crippen LogP) is 7.37. The summed E-state index contributed by atoms with van der Waals surface area (Å²) in [7, 11) is 2.64. The average Bonchev–Trinajstić information content (AvgIpc) is 1.39. The molecule has 3 saturated carbocycles. The summed E-state index contributed by atoms with van der Waals surface area (Å²) in [4.78, 5) is 101. The Labute approximate surface area is 511 Å². The molecule has 1 aliphatic heterocycles. The fraction of sp³-hybridized carbons (Fsp3) is 0.576. The summed E-state index contributed by atoms with van der Waals surface area (Å²) in [6, 6.07) is 10.0. The van der Waals surface area contributed by atoms with Crippen molar-refractivity contribution >= 4 is 74.1 Å². The van der Waals surface area contributed by atoms with Gasteiger partial charge in [0.05, 0.1) is 5.56 Å². The number of hydrogen-bond donors (Lipinski definition) is 6. The number of aliphatic carboxylic acids is 2. The van der Waals surface area contributed by atoms with E-state index in [9.17, 15) is 58.8 Å². The molecular formula is C66H84N5O13S2-3. The van der Waals surface area contributed by atoms with Crippen molar-refractivity contribution in [3.05, 3.63) is 87.6 Å². The Hall–Kier alpha value is -6.38. The quantitative estimate of drug-likeness (QED) is 0.0128. The molecule has 0 bridgehead atoms. The van der Waals surface area contributed by atoms with Gasteiger partial charge in [-0.05, 0) is 172 Å². The number of carboxylic acids is 3. The standard InChI is InChI=1S/C66H87N5O13S2/c1-38(2)8-6-9-39(3)50-18-19-51-46-15-11-41-35-42(24-27-65(41,4)52(46)25-28-66(50,51)5)67-29-7-30-68-62(80)53(20-22-58(75)76)71-63(81)54(21-23-59(77)78)70-57(74)26-32-85-86-33-31-69-61(79)40-10-14-45(49(34-40)64(82)83)60-47-16-12-43(72)36-55(47)84-56-37-44(73)13-17-48(56)60/h10-14,16-17,34,36-39,42,46,50-54,67,72H,6-9,15,18-33,35H2,1-5H3,(H,68,80)(H,69,79)(H,70,74)(H,71,81)(H,75,76)(H,77,78)(H,82,83)/p-3/t39-,42+,46-,50?,51+,52?,53+,54+,65?,66?/m1/s1. The molecule has 18 nitrogen and oxygen atoms in total. The Morgan fingerprint density at radius 1 is 0.733 bits per heavy atom. The van der Waals surface area contributed by atoms with Gasteiger partial charge in [-0.1, -0.05) is 105 Å². The van der Waals surface area contributed by atoms with Gasteiger partial charge in [-0.25, -0.2) is 4.79 Å². The number of carboxylic acid groups (broad SMARTS) is 3. The first kappa shape index (κ1) is 65.6. The fourth-order valence-electron chi connectivity index (χ4n) is 15.0. The zero-order chi connectivity index (χ0) is 61.9. The molecule has 86 heavy (non-hydrogen) atoms. The minimum atomic E-state index is -1.46. The first-order chi connectivity index (χ1) is 41.1. The highest BCUT2D eigenvalue weighted by Gasteiger charge is 2.59. The van der Waals surface area contributed by atoms with Crippen LogP contribution in [0.2, 0.25) is 0 Å². The zero-order valence-corrected chi connectivity index (χ0v) is 51.8. The summed E-state index contributed by atoms with van der Waals surface area (Å²) in [6.07, 6.45) is 15.2. The molecule has 6 N–H and O–H groups in total. The number of fused-ring (bicyclic) bond motifs is 7. The van der Waals surface area contributed by atoms with Gasteiger partial charge < -0.3 is 61.0 Å². The number of aromatic carboxylic acids is 1. The molecule has 20 heteroatoms. The van der Waals surface area contributed by atoms with E-state index < -0.39 is 66.5 Å². The van der Waals surface area contributed by atoms with Gasteiger partial charge in [-0.15, -0.1) is 5.75 Å². The van der Waals surface area contributed by atoms with Crippen molar-refractivity contribution in [2.45, 2.75) is 162 Å². The molecule has 0 radical (unpaired) electrons. The highest BCUT2D eigenvalue weighted by molar-refractivity contribution is 8.76. The summed E-state index contributed by atoms with van der Waals surface area (Å²) < 4.78 is 5.85. The molecular weight excluding hydrogens is 1130 g/mol. The molecule has 2 aromatic rings. The molecule has 0 saturated heterocycles. The van der Waals surface area contributed by atoms with E-state index in [1.165, 1.54) is 128 Å². The van der Waals surface area contributed by atoms with E-state index in [-0.39, 0.29) is 82.7 Å². The van der Waals surface area contributed by atoms with Gasteiger partial charge in [0.1, 0.15) is 23.4 Å². The Morgan fingerprint density at radius 2 is 1.47 bits per heavy atom. The van der Waals surface area contributed by atoms with Crippen LogP contribution in [-0.2, 0) is 24.0 Å². The molecule has 466 valence electrons. The van der Waals surface area contributed by atoms with Crippen molar-refractivity contribution in [3.8, 4) is 28.2 Å². The largest absolute Gasteiger partial charge is 0.872 e. The van der Waals surface area contributed by atoms with Crippen LogP contribution in [0.25, 0.3) is 33.4 Å². The molecule has 5 aliphatic carbocycles. The maximum atomic E-state index is 13.6. The van der Waals surface area contributed by atoms with Crippen LogP contribution in [0, 0.1) is 46.3 Å². The maximum Gasteiger partial charge on any atom is 0.336 e. The van der Waals surface area contributed by atoms with Crippen molar-refractivity contribution in [1.29, 1.82) is 0 Å². The van der Waals surface area contributed by atoms with Crippen molar-refractivity contribution in [3.63, 3.8) is 0 Å². The van der Waals surface area contributed by atoms with Crippen LogP contribution in [0.3, 0.4) is 0 Å². The molecule has 4 amide bonds. The summed E-state index contributed by atoms with van der Waals surface area (Å²) in [5.74, 6) is -1.64. The average molecular weight is 1220 g/mol. The third-order valence-corrected chi connectivity index (χ3v) is 21.8. The molecule has 2 aromatic carbocycles. The summed E-state index contributed by atoms with van der Waals surface area (Å²) in [5, 5.41) is 60.3. The molecule has 0 aromatic heterocycles. The monoisotopic (exact) mass is 1220 g/mol. The van der Waals surface area contributed by atoms with E-state index in [0.29, 0.717) is 46.7 Å². The third kappa shape index (κ3) is 16.0. The number of carbonyl (C=O) groups is 7. The second-order valence-corrected chi connectivity index (χ2v) is 28.0. The van der Waals surface area contributed by atoms with Crippen LogP contribution >= 0.6 is 21.6 Å². The zero-order valence-electron chi connectivity index (χ0n) is 50.2. The Bertz CT molecular complexity index is 3180. The summed E-state index contributed by atoms with van der Waals surface area (Å²) >= 11 is 0. The number of rotatable bonds is 30. The van der Waals surface area contributed by atoms with Gasteiger partial charge in [0.25, 0.3) is 5.91 Å². The Kier molecular flexibility index (Phi) is 22.5. The summed E-state index contributed by atoms with van der Waals surface area (Å²) in [6.45, 7) is 13.5. The topological polar surface area (TPSA) is 299 Å². The van der Waals surface area contributed by atoms with Crippen LogP contribution in [-0.4, -0.2) is 95.9 Å². The van der Waals surface area contributed by atoms with Gasteiger partial charge >= 0.3 is 5.97 Å². The molecule has 4 unspecified atom stereocenters.